The Kier molecular flexibility index (Phi) is 5.07. The van der Waals surface area contributed by atoms with E-state index in [9.17, 15) is 4.79 Å². The van der Waals surface area contributed by atoms with Gasteiger partial charge in [-0.1, -0.05) is 67.1 Å². The van der Waals surface area contributed by atoms with Crippen molar-refractivity contribution in [2.75, 3.05) is 19.6 Å². The Hall–Kier alpha value is -2.13. The standard InChI is InChI=1S/C23H28N2O/c26-22(23(14-9-15-23)20-12-5-2-6-13-20)24-18-21(25-16-7-8-17-25)19-10-3-1-4-11-19/h1-6,10-13,21H,7-9,14-18H2,(H,24,26). The molecule has 2 aromatic rings. The Balaban J connectivity index is 1.49. The van der Waals surface area contributed by atoms with Crippen LogP contribution < -0.4 is 5.32 Å². The third kappa shape index (κ3) is 3.28. The average Bonchev–Trinajstić information content (AvgIpc) is 3.17. The summed E-state index contributed by atoms with van der Waals surface area (Å²) in [6.07, 6.45) is 5.57. The van der Waals surface area contributed by atoms with Gasteiger partial charge in [0.15, 0.2) is 0 Å². The van der Waals surface area contributed by atoms with E-state index in [1.807, 2.05) is 18.2 Å². The van der Waals surface area contributed by atoms with Crippen LogP contribution in [0.15, 0.2) is 60.7 Å². The summed E-state index contributed by atoms with van der Waals surface area (Å²) in [6.45, 7) is 2.94. The highest BCUT2D eigenvalue weighted by Crippen LogP contribution is 2.44. The zero-order valence-electron chi connectivity index (χ0n) is 15.4. The largest absolute Gasteiger partial charge is 0.353 e. The molecule has 3 nitrogen and oxygen atoms in total. The van der Waals surface area contributed by atoms with Crippen molar-refractivity contribution in [1.82, 2.24) is 10.2 Å². The number of amides is 1. The molecule has 2 fully saturated rings. The Labute approximate surface area is 156 Å². The first-order valence-corrected chi connectivity index (χ1v) is 9.92. The number of rotatable bonds is 6. The van der Waals surface area contributed by atoms with E-state index in [1.165, 1.54) is 24.0 Å². The molecule has 2 aliphatic rings. The maximum Gasteiger partial charge on any atom is 0.230 e. The number of benzene rings is 2. The number of carbonyl (C=O) groups is 1. The molecule has 26 heavy (non-hydrogen) atoms. The summed E-state index contributed by atoms with van der Waals surface area (Å²) in [4.78, 5) is 15.7. The van der Waals surface area contributed by atoms with Crippen molar-refractivity contribution in [2.45, 2.75) is 43.6 Å². The Morgan fingerprint density at radius 1 is 0.923 bits per heavy atom. The Morgan fingerprint density at radius 3 is 2.12 bits per heavy atom. The van der Waals surface area contributed by atoms with Crippen molar-refractivity contribution in [1.29, 1.82) is 0 Å². The lowest BCUT2D eigenvalue weighted by Crippen LogP contribution is -2.51. The maximum absolute atomic E-state index is 13.2. The van der Waals surface area contributed by atoms with E-state index < -0.39 is 0 Å². The minimum Gasteiger partial charge on any atom is -0.353 e. The number of carbonyl (C=O) groups excluding carboxylic acids is 1. The first-order chi connectivity index (χ1) is 12.8. The normalized spacial score (nSPS) is 20.3. The number of nitrogens with one attached hydrogen (secondary N) is 1. The molecule has 1 saturated carbocycles. The molecule has 2 aromatic carbocycles. The van der Waals surface area contributed by atoms with Gasteiger partial charge < -0.3 is 5.32 Å². The maximum atomic E-state index is 13.2. The predicted octanol–water partition coefficient (Wildman–Crippen LogP) is 4.06. The van der Waals surface area contributed by atoms with Gasteiger partial charge in [-0.05, 0) is 49.9 Å². The van der Waals surface area contributed by atoms with Gasteiger partial charge in [0.25, 0.3) is 0 Å². The van der Waals surface area contributed by atoms with Crippen LogP contribution in [0.4, 0.5) is 0 Å². The molecule has 3 heteroatoms. The quantitative estimate of drug-likeness (QED) is 0.854. The lowest BCUT2D eigenvalue weighted by atomic mass is 9.64. The highest BCUT2D eigenvalue weighted by molar-refractivity contribution is 5.89. The van der Waals surface area contributed by atoms with Gasteiger partial charge in [-0.15, -0.1) is 0 Å². The van der Waals surface area contributed by atoms with Crippen LogP contribution in [-0.2, 0) is 10.2 Å². The van der Waals surface area contributed by atoms with E-state index in [0.717, 1.165) is 32.4 Å². The van der Waals surface area contributed by atoms with E-state index in [2.05, 4.69) is 52.7 Å². The topological polar surface area (TPSA) is 32.3 Å². The molecule has 1 heterocycles. The third-order valence-corrected chi connectivity index (χ3v) is 6.19. The van der Waals surface area contributed by atoms with E-state index >= 15 is 0 Å². The Bertz CT molecular complexity index is 718. The molecule has 1 aliphatic carbocycles. The zero-order valence-corrected chi connectivity index (χ0v) is 15.4. The molecule has 0 radical (unpaired) electrons. The van der Waals surface area contributed by atoms with E-state index in [-0.39, 0.29) is 17.4 Å². The van der Waals surface area contributed by atoms with Gasteiger partial charge in [0, 0.05) is 6.54 Å². The van der Waals surface area contributed by atoms with Crippen LogP contribution in [0.1, 0.15) is 49.3 Å². The zero-order chi connectivity index (χ0) is 17.8. The summed E-state index contributed by atoms with van der Waals surface area (Å²) in [5.74, 6) is 0.204. The van der Waals surface area contributed by atoms with Crippen LogP contribution in [-0.4, -0.2) is 30.4 Å². The van der Waals surface area contributed by atoms with Gasteiger partial charge in [0.1, 0.15) is 0 Å². The molecule has 1 aliphatic heterocycles. The van der Waals surface area contributed by atoms with Crippen molar-refractivity contribution in [3.05, 3.63) is 71.8 Å². The number of likely N-dealkylation sites (tertiary alicyclic amines) is 1. The van der Waals surface area contributed by atoms with Gasteiger partial charge >= 0.3 is 0 Å². The smallest absolute Gasteiger partial charge is 0.230 e. The van der Waals surface area contributed by atoms with Crippen molar-refractivity contribution >= 4 is 5.91 Å². The fourth-order valence-corrected chi connectivity index (χ4v) is 4.48. The fraction of sp³-hybridized carbons (Fsp3) is 0.435. The van der Waals surface area contributed by atoms with Gasteiger partial charge in [-0.3, -0.25) is 9.69 Å². The van der Waals surface area contributed by atoms with Gasteiger partial charge in [-0.2, -0.15) is 0 Å². The number of nitrogens with zero attached hydrogens (tertiary/aromatic N) is 1. The van der Waals surface area contributed by atoms with Crippen molar-refractivity contribution in [2.24, 2.45) is 0 Å². The Morgan fingerprint density at radius 2 is 1.54 bits per heavy atom. The lowest BCUT2D eigenvalue weighted by Gasteiger charge is -2.41. The molecule has 1 N–H and O–H groups in total. The highest BCUT2D eigenvalue weighted by atomic mass is 16.2. The van der Waals surface area contributed by atoms with Crippen molar-refractivity contribution < 1.29 is 4.79 Å². The molecule has 4 rings (SSSR count). The number of hydrogen-bond acceptors (Lipinski definition) is 2. The van der Waals surface area contributed by atoms with Crippen molar-refractivity contribution in [3.8, 4) is 0 Å². The summed E-state index contributed by atoms with van der Waals surface area (Å²) >= 11 is 0. The first-order valence-electron chi connectivity index (χ1n) is 9.92. The minimum absolute atomic E-state index is 0.204. The second-order valence-corrected chi connectivity index (χ2v) is 7.68. The second kappa shape index (κ2) is 7.63. The number of hydrogen-bond donors (Lipinski definition) is 1. The van der Waals surface area contributed by atoms with E-state index in [0.29, 0.717) is 6.54 Å². The molecule has 0 bridgehead atoms. The summed E-state index contributed by atoms with van der Waals surface area (Å²) < 4.78 is 0. The van der Waals surface area contributed by atoms with Crippen molar-refractivity contribution in [3.63, 3.8) is 0 Å². The monoisotopic (exact) mass is 348 g/mol. The molecule has 1 amide bonds. The van der Waals surface area contributed by atoms with Crippen LogP contribution >= 0.6 is 0 Å². The van der Waals surface area contributed by atoms with E-state index in [1.54, 1.807) is 0 Å². The SMILES string of the molecule is O=C(NCC(c1ccccc1)N1CCCC1)C1(c2ccccc2)CCC1. The van der Waals surface area contributed by atoms with Crippen LogP contribution in [0.2, 0.25) is 0 Å². The lowest BCUT2D eigenvalue weighted by molar-refractivity contribution is -0.130. The predicted molar refractivity (Wildman–Crippen MR) is 105 cm³/mol. The molecule has 1 atom stereocenters. The minimum atomic E-state index is -0.312. The van der Waals surface area contributed by atoms with Gasteiger partial charge in [-0.25, -0.2) is 0 Å². The average molecular weight is 348 g/mol. The molecule has 0 aromatic heterocycles. The molecule has 0 spiro atoms. The third-order valence-electron chi connectivity index (χ3n) is 6.19. The molecule has 136 valence electrons. The second-order valence-electron chi connectivity index (χ2n) is 7.68. The fourth-order valence-electron chi connectivity index (χ4n) is 4.48. The summed E-state index contributed by atoms with van der Waals surface area (Å²) in [6, 6.07) is 21.2. The van der Waals surface area contributed by atoms with Crippen LogP contribution in [0, 0.1) is 0 Å². The van der Waals surface area contributed by atoms with Crippen LogP contribution in [0.5, 0.6) is 0 Å². The molecular formula is C23H28N2O. The van der Waals surface area contributed by atoms with Gasteiger partial charge in [0.05, 0.1) is 11.5 Å². The summed E-state index contributed by atoms with van der Waals surface area (Å²) in [5.41, 5.74) is 2.16. The molecular weight excluding hydrogens is 320 g/mol. The first kappa shape index (κ1) is 17.3. The summed E-state index contributed by atoms with van der Waals surface area (Å²) in [7, 11) is 0. The highest BCUT2D eigenvalue weighted by Gasteiger charge is 2.45. The summed E-state index contributed by atoms with van der Waals surface area (Å²) in [5, 5.41) is 3.32. The van der Waals surface area contributed by atoms with E-state index in [4.69, 9.17) is 0 Å². The molecule has 1 saturated heterocycles. The van der Waals surface area contributed by atoms with Crippen LogP contribution in [0.25, 0.3) is 0 Å². The molecule has 1 unspecified atom stereocenters. The van der Waals surface area contributed by atoms with Crippen LogP contribution in [0.3, 0.4) is 0 Å². The van der Waals surface area contributed by atoms with Gasteiger partial charge in [0.2, 0.25) is 5.91 Å².